The summed E-state index contributed by atoms with van der Waals surface area (Å²) in [5.41, 5.74) is 6.56. The van der Waals surface area contributed by atoms with Gasteiger partial charge in [-0.3, -0.25) is 4.90 Å². The van der Waals surface area contributed by atoms with Gasteiger partial charge >= 0.3 is 5.63 Å². The van der Waals surface area contributed by atoms with Crippen molar-refractivity contribution in [3.8, 4) is 5.75 Å². The minimum Gasteiger partial charge on any atom is -0.477 e. The summed E-state index contributed by atoms with van der Waals surface area (Å²) in [7, 11) is 0. The largest absolute Gasteiger partial charge is 0.477 e. The Hall–Kier alpha value is -2.59. The lowest BCUT2D eigenvalue weighted by molar-refractivity contribution is 0.0475. The molecule has 2 aliphatic rings. The highest BCUT2D eigenvalue weighted by atomic mass is 16.5. The third-order valence-electron chi connectivity index (χ3n) is 6.70. The Balaban J connectivity index is 1.54. The van der Waals surface area contributed by atoms with Crippen molar-refractivity contribution in [1.82, 2.24) is 4.90 Å². The van der Waals surface area contributed by atoms with Crippen molar-refractivity contribution in [3.05, 3.63) is 74.6 Å². The zero-order chi connectivity index (χ0) is 20.7. The molecule has 156 valence electrons. The van der Waals surface area contributed by atoms with Crippen LogP contribution in [0.3, 0.4) is 0 Å². The second-order valence-corrected chi connectivity index (χ2v) is 8.69. The summed E-state index contributed by atoms with van der Waals surface area (Å²) < 4.78 is 11.9. The van der Waals surface area contributed by atoms with E-state index in [0.29, 0.717) is 18.4 Å². The molecule has 5 rings (SSSR count). The van der Waals surface area contributed by atoms with E-state index in [0.717, 1.165) is 48.1 Å². The Kier molecular flexibility index (Phi) is 5.11. The average Bonchev–Trinajstić information content (AvgIpc) is 2.77. The van der Waals surface area contributed by atoms with Crippen LogP contribution in [0.25, 0.3) is 11.0 Å². The lowest BCUT2D eigenvalue weighted by atomic mass is 9.86. The summed E-state index contributed by atoms with van der Waals surface area (Å²) in [6.07, 6.45) is 6.62. The number of ether oxygens (including phenoxy) is 1. The summed E-state index contributed by atoms with van der Waals surface area (Å²) >= 11 is 0. The fraction of sp³-hybridized carbons (Fsp3) is 0.423. The summed E-state index contributed by atoms with van der Waals surface area (Å²) in [6.45, 7) is 5.61. The van der Waals surface area contributed by atoms with E-state index in [-0.39, 0.29) is 5.63 Å². The molecule has 1 aliphatic carbocycles. The van der Waals surface area contributed by atoms with Gasteiger partial charge in [-0.15, -0.1) is 0 Å². The van der Waals surface area contributed by atoms with Gasteiger partial charge in [0.2, 0.25) is 0 Å². The molecule has 1 unspecified atom stereocenters. The summed E-state index contributed by atoms with van der Waals surface area (Å²) in [5.74, 6) is 0.888. The van der Waals surface area contributed by atoms with Gasteiger partial charge in [-0.2, -0.15) is 0 Å². The molecule has 0 fully saturated rings. The van der Waals surface area contributed by atoms with Crippen molar-refractivity contribution in [2.45, 2.75) is 65.0 Å². The molecule has 0 spiro atoms. The Bertz CT molecular complexity index is 1150. The van der Waals surface area contributed by atoms with Crippen molar-refractivity contribution in [3.63, 3.8) is 0 Å². The van der Waals surface area contributed by atoms with Crippen LogP contribution in [0.15, 0.2) is 45.6 Å². The van der Waals surface area contributed by atoms with Crippen molar-refractivity contribution < 1.29 is 9.15 Å². The minimum atomic E-state index is -0.270. The molecular weight excluding hydrogens is 374 g/mol. The van der Waals surface area contributed by atoms with Gasteiger partial charge in [-0.25, -0.2) is 4.79 Å². The first-order valence-corrected chi connectivity index (χ1v) is 11.2. The molecule has 1 atom stereocenters. The zero-order valence-electron chi connectivity index (χ0n) is 17.9. The van der Waals surface area contributed by atoms with Gasteiger partial charge in [0.15, 0.2) is 0 Å². The molecule has 2 heterocycles. The molecule has 4 nitrogen and oxygen atoms in total. The van der Waals surface area contributed by atoms with E-state index >= 15 is 0 Å². The van der Waals surface area contributed by atoms with Crippen LogP contribution in [-0.2, 0) is 19.4 Å². The maximum atomic E-state index is 12.1. The summed E-state index contributed by atoms with van der Waals surface area (Å²) in [6, 6.07) is 13.1. The normalized spacial score (nSPS) is 18.7. The lowest BCUT2D eigenvalue weighted by Gasteiger charge is -2.39. The molecule has 4 heteroatoms. The molecule has 1 aromatic heterocycles. The molecule has 0 amide bonds. The van der Waals surface area contributed by atoms with Crippen LogP contribution in [0.2, 0.25) is 0 Å². The highest BCUT2D eigenvalue weighted by Crippen LogP contribution is 2.41. The molecule has 0 saturated heterocycles. The van der Waals surface area contributed by atoms with Gasteiger partial charge in [0.25, 0.3) is 0 Å². The molecule has 3 aromatic rings. The van der Waals surface area contributed by atoms with Crippen molar-refractivity contribution in [2.75, 3.05) is 6.73 Å². The number of hydrogen-bond acceptors (Lipinski definition) is 4. The SMILES string of the molecule is CCCCc1cc(=O)oc2c(C)c3c(cc12)CN(C1CCCc2ccccc21)CO3. The third-order valence-corrected chi connectivity index (χ3v) is 6.70. The molecular formula is C26H29NO3. The number of aryl methyl sites for hydroxylation is 3. The molecule has 0 radical (unpaired) electrons. The Morgan fingerprint density at radius 3 is 2.90 bits per heavy atom. The lowest BCUT2D eigenvalue weighted by Crippen LogP contribution is -2.37. The van der Waals surface area contributed by atoms with Crippen LogP contribution in [-0.4, -0.2) is 11.6 Å². The number of fused-ring (bicyclic) bond motifs is 3. The number of benzene rings is 2. The standard InChI is InChI=1S/C26H29NO3/c1-3-4-8-19-14-24(28)30-26-17(2)25-20(13-22(19)26)15-27(16-29-25)23-12-7-10-18-9-5-6-11-21(18)23/h5-6,9,11,13-14,23H,3-4,7-8,10,12,15-16H2,1-2H3. The Labute approximate surface area is 177 Å². The molecule has 30 heavy (non-hydrogen) atoms. The molecule has 0 bridgehead atoms. The van der Waals surface area contributed by atoms with E-state index in [2.05, 4.69) is 42.2 Å². The van der Waals surface area contributed by atoms with E-state index in [9.17, 15) is 4.79 Å². The number of rotatable bonds is 4. The van der Waals surface area contributed by atoms with Gasteiger partial charge < -0.3 is 9.15 Å². The molecule has 1 aliphatic heterocycles. The zero-order valence-corrected chi connectivity index (χ0v) is 17.9. The van der Waals surface area contributed by atoms with Crippen LogP contribution in [0, 0.1) is 6.92 Å². The van der Waals surface area contributed by atoms with E-state index in [4.69, 9.17) is 9.15 Å². The third kappa shape index (κ3) is 3.33. The second kappa shape index (κ2) is 7.92. The molecule has 2 aromatic carbocycles. The van der Waals surface area contributed by atoms with Crippen molar-refractivity contribution in [2.24, 2.45) is 0 Å². The van der Waals surface area contributed by atoms with E-state index < -0.39 is 0 Å². The minimum absolute atomic E-state index is 0.270. The quantitative estimate of drug-likeness (QED) is 0.526. The van der Waals surface area contributed by atoms with Gasteiger partial charge in [0.05, 0.1) is 0 Å². The predicted molar refractivity (Wildman–Crippen MR) is 119 cm³/mol. The van der Waals surface area contributed by atoms with Gasteiger partial charge in [-0.05, 0) is 61.8 Å². The van der Waals surface area contributed by atoms with Crippen LogP contribution in [0.5, 0.6) is 5.75 Å². The maximum absolute atomic E-state index is 12.1. The van der Waals surface area contributed by atoms with Gasteiger partial charge in [-0.1, -0.05) is 37.6 Å². The topological polar surface area (TPSA) is 42.7 Å². The van der Waals surface area contributed by atoms with E-state index in [1.165, 1.54) is 36.0 Å². The van der Waals surface area contributed by atoms with Gasteiger partial charge in [0.1, 0.15) is 18.1 Å². The Morgan fingerprint density at radius 2 is 2.03 bits per heavy atom. The number of hydrogen-bond donors (Lipinski definition) is 0. The van der Waals surface area contributed by atoms with Crippen molar-refractivity contribution in [1.29, 1.82) is 0 Å². The number of nitrogens with zero attached hydrogens (tertiary/aromatic N) is 1. The first kappa shape index (κ1) is 19.4. The smallest absolute Gasteiger partial charge is 0.336 e. The molecule has 0 N–H and O–H groups in total. The second-order valence-electron chi connectivity index (χ2n) is 8.69. The Morgan fingerprint density at radius 1 is 1.17 bits per heavy atom. The van der Waals surface area contributed by atoms with E-state index in [1.807, 2.05) is 6.92 Å². The summed E-state index contributed by atoms with van der Waals surface area (Å²) in [4.78, 5) is 14.6. The molecule has 0 saturated carbocycles. The van der Waals surface area contributed by atoms with Crippen LogP contribution >= 0.6 is 0 Å². The maximum Gasteiger partial charge on any atom is 0.336 e. The fourth-order valence-corrected chi connectivity index (χ4v) is 5.18. The predicted octanol–water partition coefficient (Wildman–Crippen LogP) is 5.67. The first-order chi connectivity index (χ1) is 14.7. The van der Waals surface area contributed by atoms with Crippen molar-refractivity contribution >= 4 is 11.0 Å². The monoisotopic (exact) mass is 403 g/mol. The van der Waals surface area contributed by atoms with Crippen LogP contribution < -0.4 is 10.4 Å². The van der Waals surface area contributed by atoms with Gasteiger partial charge in [0, 0.05) is 35.2 Å². The fourth-order valence-electron chi connectivity index (χ4n) is 5.18. The van der Waals surface area contributed by atoms with Crippen LogP contribution in [0.1, 0.15) is 66.5 Å². The summed E-state index contributed by atoms with van der Waals surface area (Å²) in [5, 5.41) is 1.06. The highest BCUT2D eigenvalue weighted by Gasteiger charge is 2.30. The average molecular weight is 404 g/mol. The van der Waals surface area contributed by atoms with Crippen LogP contribution in [0.4, 0.5) is 0 Å². The highest BCUT2D eigenvalue weighted by molar-refractivity contribution is 5.86. The van der Waals surface area contributed by atoms with E-state index in [1.54, 1.807) is 6.07 Å². The number of unbranched alkanes of at least 4 members (excludes halogenated alkanes) is 1. The first-order valence-electron chi connectivity index (χ1n) is 11.2.